The third kappa shape index (κ3) is 4.26. The number of hydrogen-bond donors (Lipinski definition) is 2. The van der Waals surface area contributed by atoms with E-state index in [2.05, 4.69) is 13.8 Å². The van der Waals surface area contributed by atoms with Crippen LogP contribution in [0.3, 0.4) is 0 Å². The summed E-state index contributed by atoms with van der Waals surface area (Å²) in [5.41, 5.74) is 0. The fraction of sp³-hybridized carbons (Fsp3) is 0.556. The number of rotatable bonds is 8. The molecule has 0 radical (unpaired) electrons. The molecular weight excluding hydrogens is 565 g/mol. The molecule has 27 heavy (non-hydrogen) atoms. The van der Waals surface area contributed by atoms with Gasteiger partial charge in [-0.1, -0.05) is 0 Å². The third-order valence-electron chi connectivity index (χ3n) is 4.34. The normalized spacial score (nSPS) is 18.1. The maximum atomic E-state index is 13.0. The first-order valence-electron chi connectivity index (χ1n) is 9.05. The zero-order chi connectivity index (χ0) is 19.6. The van der Waals surface area contributed by atoms with Crippen molar-refractivity contribution in [2.75, 3.05) is 13.1 Å². The Labute approximate surface area is 176 Å². The van der Waals surface area contributed by atoms with Crippen LogP contribution in [0, 0.1) is 0 Å². The minimum absolute atomic E-state index is 0.0382. The molecule has 0 saturated carbocycles. The van der Waals surface area contributed by atoms with E-state index in [0.717, 1.165) is 25.7 Å². The Morgan fingerprint density at radius 1 is 0.926 bits per heavy atom. The SMILES string of the molecule is CCCCN1C(=O)[CH]([Ir][CH]2Sc3c(O)ccc(O)c3S2)C(=O)N1CCCC. The average Bonchev–Trinajstić information content (AvgIpc) is 3.18. The monoisotopic (exact) mass is 589 g/mol. The topological polar surface area (TPSA) is 81.1 Å². The number of nitrogens with zero attached hydrogens (tertiary/aromatic N) is 2. The van der Waals surface area contributed by atoms with Crippen molar-refractivity contribution < 1.29 is 37.5 Å². The van der Waals surface area contributed by atoms with Crippen molar-refractivity contribution in [1.82, 2.24) is 10.0 Å². The van der Waals surface area contributed by atoms with Gasteiger partial charge in [-0.25, -0.2) is 0 Å². The predicted octanol–water partition coefficient (Wildman–Crippen LogP) is 3.64. The van der Waals surface area contributed by atoms with Crippen LogP contribution in [0.15, 0.2) is 21.9 Å². The second-order valence-corrected chi connectivity index (χ2v) is 14.3. The van der Waals surface area contributed by atoms with Crippen LogP contribution in [0.25, 0.3) is 0 Å². The zero-order valence-corrected chi connectivity index (χ0v) is 19.3. The molecule has 2 amide bonds. The van der Waals surface area contributed by atoms with E-state index in [4.69, 9.17) is 0 Å². The number of benzene rings is 1. The molecular formula is C18H24IrN2O4S2. The molecule has 0 aliphatic carbocycles. The van der Waals surface area contributed by atoms with Gasteiger partial charge in [-0.3, -0.25) is 0 Å². The summed E-state index contributed by atoms with van der Waals surface area (Å²) in [5, 5.41) is 23.4. The van der Waals surface area contributed by atoms with E-state index >= 15 is 0 Å². The first-order chi connectivity index (χ1) is 13.0. The second-order valence-electron chi connectivity index (χ2n) is 6.33. The van der Waals surface area contributed by atoms with Crippen molar-refractivity contribution >= 4 is 35.3 Å². The Morgan fingerprint density at radius 3 is 1.78 bits per heavy atom. The van der Waals surface area contributed by atoms with Crippen LogP contribution in [-0.4, -0.2) is 48.2 Å². The Bertz CT molecular complexity index is 677. The van der Waals surface area contributed by atoms with Crippen LogP contribution in [-0.2, 0) is 27.3 Å². The van der Waals surface area contributed by atoms with Gasteiger partial charge in [0.1, 0.15) is 0 Å². The quantitative estimate of drug-likeness (QED) is 0.357. The minimum atomic E-state index is -0.964. The number of aromatic hydroxyl groups is 2. The molecule has 6 nitrogen and oxygen atoms in total. The molecule has 0 spiro atoms. The first kappa shape index (κ1) is 20.8. The summed E-state index contributed by atoms with van der Waals surface area (Å²) in [4.78, 5) is 27.3. The number of carbonyl (C=O) groups is 2. The van der Waals surface area contributed by atoms with Crippen LogP contribution in [0.4, 0.5) is 0 Å². The molecule has 2 heterocycles. The summed E-state index contributed by atoms with van der Waals surface area (Å²) in [5.74, 6) is 0.172. The first-order valence-corrected chi connectivity index (χ1v) is 13.6. The molecule has 0 unspecified atom stereocenters. The van der Waals surface area contributed by atoms with Crippen molar-refractivity contribution in [3.05, 3.63) is 12.1 Å². The summed E-state index contributed by atoms with van der Waals surface area (Å²) in [6.45, 7) is 5.35. The second kappa shape index (κ2) is 9.07. The molecule has 0 aromatic heterocycles. The number of carbonyl (C=O) groups excluding carboxylic acids is 2. The molecule has 1 aromatic rings. The predicted molar refractivity (Wildman–Crippen MR) is 102 cm³/mol. The van der Waals surface area contributed by atoms with Gasteiger partial charge >= 0.3 is 176 Å². The van der Waals surface area contributed by atoms with Gasteiger partial charge in [0, 0.05) is 0 Å². The molecule has 1 aromatic carbocycles. The Morgan fingerprint density at radius 2 is 1.37 bits per heavy atom. The zero-order valence-electron chi connectivity index (χ0n) is 15.3. The van der Waals surface area contributed by atoms with Gasteiger partial charge in [0.25, 0.3) is 0 Å². The number of phenols is 2. The van der Waals surface area contributed by atoms with E-state index in [9.17, 15) is 19.8 Å². The molecule has 2 N–H and O–H groups in total. The van der Waals surface area contributed by atoms with Crippen molar-refractivity contribution in [3.63, 3.8) is 0 Å². The van der Waals surface area contributed by atoms with Crippen LogP contribution in [0.2, 0.25) is 4.43 Å². The van der Waals surface area contributed by atoms with E-state index in [-0.39, 0.29) is 26.4 Å². The number of hydrogen-bond acceptors (Lipinski definition) is 6. The third-order valence-corrected chi connectivity index (χ3v) is 12.5. The summed E-state index contributed by atoms with van der Waals surface area (Å²) < 4.78 is -0.515. The molecule has 0 atom stereocenters. The summed E-state index contributed by atoms with van der Waals surface area (Å²) in [6, 6.07) is 2.96. The van der Waals surface area contributed by atoms with Crippen molar-refractivity contribution in [2.45, 2.75) is 56.8 Å². The number of phenolic OH excluding ortho intramolecular Hbond substituents is 2. The van der Waals surface area contributed by atoms with Gasteiger partial charge in [0.15, 0.2) is 0 Å². The Kier molecular flexibility index (Phi) is 7.00. The number of fused-ring (bicyclic) bond motifs is 1. The fourth-order valence-corrected chi connectivity index (χ4v) is 11.4. The van der Waals surface area contributed by atoms with Gasteiger partial charge in [0.05, 0.1) is 0 Å². The number of hydrazine groups is 1. The standard InChI is InChI=1S/C11H19N2O2.C7H5O2S2.Ir/c1-3-5-7-12-10(14)9-11(15)13(12)8-6-4-2;8-4-1-2-5(9)7-6(4)10-3-11-7;/h9H,3-8H2,1-2H3;1-3,8-9H;. The van der Waals surface area contributed by atoms with E-state index in [0.29, 0.717) is 22.9 Å². The van der Waals surface area contributed by atoms with E-state index in [1.807, 2.05) is 0 Å². The molecule has 1 saturated heterocycles. The Balaban J connectivity index is 1.73. The van der Waals surface area contributed by atoms with E-state index in [1.54, 1.807) is 10.0 Å². The van der Waals surface area contributed by atoms with Crippen molar-refractivity contribution in [2.24, 2.45) is 0 Å². The molecule has 1 fully saturated rings. The van der Waals surface area contributed by atoms with E-state index < -0.39 is 22.1 Å². The molecule has 151 valence electrons. The van der Waals surface area contributed by atoms with Crippen LogP contribution in [0.1, 0.15) is 39.5 Å². The van der Waals surface area contributed by atoms with Crippen LogP contribution in [0.5, 0.6) is 11.5 Å². The van der Waals surface area contributed by atoms with Gasteiger partial charge in [-0.2, -0.15) is 0 Å². The van der Waals surface area contributed by atoms with Gasteiger partial charge in [0.2, 0.25) is 0 Å². The van der Waals surface area contributed by atoms with Gasteiger partial charge in [-0.15, -0.1) is 0 Å². The molecule has 2 aliphatic rings. The molecule has 3 rings (SSSR count). The fourth-order valence-electron chi connectivity index (χ4n) is 2.87. The van der Waals surface area contributed by atoms with Crippen molar-refractivity contribution in [1.29, 1.82) is 0 Å². The van der Waals surface area contributed by atoms with Crippen LogP contribution >= 0.6 is 23.5 Å². The van der Waals surface area contributed by atoms with Gasteiger partial charge < -0.3 is 0 Å². The number of amides is 2. The molecule has 2 aliphatic heterocycles. The number of thioether (sulfide) groups is 2. The molecule has 9 heteroatoms. The summed E-state index contributed by atoms with van der Waals surface area (Å²) in [7, 11) is 0. The summed E-state index contributed by atoms with van der Waals surface area (Å²) in [6.07, 6.45) is 3.72. The summed E-state index contributed by atoms with van der Waals surface area (Å²) >= 11 is 1.98. The van der Waals surface area contributed by atoms with Crippen molar-refractivity contribution in [3.8, 4) is 11.5 Å². The maximum absolute atomic E-state index is 13.0. The van der Waals surface area contributed by atoms with Crippen LogP contribution < -0.4 is 0 Å². The number of unbranched alkanes of at least 4 members (excludes halogenated alkanes) is 2. The molecule has 0 bridgehead atoms. The van der Waals surface area contributed by atoms with E-state index in [1.165, 1.54) is 35.7 Å². The Hall–Kier alpha value is -0.891. The van der Waals surface area contributed by atoms with Gasteiger partial charge in [-0.05, 0) is 0 Å². The average molecular weight is 589 g/mol.